The number of hydrogen-bond donors (Lipinski definition) is 4. The van der Waals surface area contributed by atoms with Crippen LogP contribution in [0.25, 0.3) is 11.1 Å². The van der Waals surface area contributed by atoms with Gasteiger partial charge in [-0.05, 0) is 71.5 Å². The van der Waals surface area contributed by atoms with Crippen LogP contribution in [0.5, 0.6) is 34.5 Å². The Bertz CT molecular complexity index is 3920. The van der Waals surface area contributed by atoms with E-state index >= 15 is 0 Å². The van der Waals surface area contributed by atoms with Gasteiger partial charge in [-0.1, -0.05) is 32.0 Å². The van der Waals surface area contributed by atoms with E-state index in [1.54, 1.807) is 79.4 Å². The van der Waals surface area contributed by atoms with Gasteiger partial charge >= 0.3 is 0 Å². The van der Waals surface area contributed by atoms with E-state index in [9.17, 15) is 38.4 Å². The maximum atomic E-state index is 14.2. The molecular weight excluding hydrogens is 1390 g/mol. The van der Waals surface area contributed by atoms with Crippen molar-refractivity contribution in [3.8, 4) is 34.5 Å². The Kier molecular flexibility index (Phi) is 30.1. The first-order chi connectivity index (χ1) is 52.0. The predicted octanol–water partition coefficient (Wildman–Crippen LogP) is 5.76. The van der Waals surface area contributed by atoms with Crippen LogP contribution < -0.4 is 49.7 Å². The first kappa shape index (κ1) is 79.4. The third-order valence-corrected chi connectivity index (χ3v) is 17.6. The lowest BCUT2D eigenvalue weighted by Crippen LogP contribution is -2.53. The summed E-state index contributed by atoms with van der Waals surface area (Å²) in [7, 11) is 3.02. The fourth-order valence-electron chi connectivity index (χ4n) is 11.9. The summed E-state index contributed by atoms with van der Waals surface area (Å²) in [6.45, 7) is 11.7. The van der Waals surface area contributed by atoms with Crippen molar-refractivity contribution < 1.29 is 105 Å². The van der Waals surface area contributed by atoms with Crippen LogP contribution in [0.4, 0.5) is 17.1 Å². The number of imide groups is 1. The lowest BCUT2D eigenvalue weighted by atomic mass is 10.0. The van der Waals surface area contributed by atoms with Gasteiger partial charge in [-0.2, -0.15) is 0 Å². The van der Waals surface area contributed by atoms with Crippen LogP contribution >= 0.6 is 0 Å². The number of benzene rings is 4. The number of anilines is 1. The smallest absolute Gasteiger partial charge is 0.260 e. The maximum Gasteiger partial charge on any atom is 0.260 e. The normalized spacial score (nSPS) is 16.5. The summed E-state index contributed by atoms with van der Waals surface area (Å²) in [6.07, 6.45) is 11.1. The number of carbonyl (C=O) groups excluding carboxylic acids is 8. The number of fused-ring (bicyclic) bond motifs is 5. The van der Waals surface area contributed by atoms with E-state index in [1.165, 1.54) is 26.4 Å². The van der Waals surface area contributed by atoms with Crippen LogP contribution in [-0.4, -0.2) is 252 Å². The Hall–Kier alpha value is -10.1. The largest absolute Gasteiger partial charge is 0.493 e. The van der Waals surface area contributed by atoms with Crippen molar-refractivity contribution in [2.75, 3.05) is 158 Å². The van der Waals surface area contributed by atoms with Gasteiger partial charge in [-0.15, -0.1) is 0 Å². The number of rotatable bonds is 46. The van der Waals surface area contributed by atoms with Gasteiger partial charge in [-0.3, -0.25) is 53.2 Å². The molecule has 31 nitrogen and oxygen atoms in total. The predicted molar refractivity (Wildman–Crippen MR) is 390 cm³/mol. The molecule has 4 unspecified atom stereocenters. The lowest BCUT2D eigenvalue weighted by molar-refractivity contribution is -0.137. The van der Waals surface area contributed by atoms with Crippen molar-refractivity contribution >= 4 is 87.9 Å². The summed E-state index contributed by atoms with van der Waals surface area (Å²) in [5, 5.41) is 11.0. The zero-order valence-corrected chi connectivity index (χ0v) is 60.8. The second kappa shape index (κ2) is 40.6. The number of aliphatic imine (C=N–C) groups is 2. The Morgan fingerprint density at radius 3 is 1.50 bits per heavy atom. The molecule has 6 heterocycles. The molecule has 0 saturated carbocycles. The van der Waals surface area contributed by atoms with Gasteiger partial charge in [0.2, 0.25) is 30.4 Å². The van der Waals surface area contributed by atoms with Crippen LogP contribution in [0.3, 0.4) is 0 Å². The minimum absolute atomic E-state index is 0.0104. The maximum absolute atomic E-state index is 14.2. The van der Waals surface area contributed by atoms with Crippen LogP contribution in [-0.2, 0) is 66.7 Å². The van der Waals surface area contributed by atoms with Gasteiger partial charge in [0, 0.05) is 100.0 Å². The quantitative estimate of drug-likeness (QED) is 0.0302. The fraction of sp³-hybridized carbons (Fsp3) is 0.474. The van der Waals surface area contributed by atoms with E-state index in [4.69, 9.17) is 76.3 Å². The van der Waals surface area contributed by atoms with Crippen molar-refractivity contribution in [2.24, 2.45) is 15.9 Å². The van der Waals surface area contributed by atoms with Crippen molar-refractivity contribution in [2.45, 2.75) is 77.0 Å². The minimum Gasteiger partial charge on any atom is -0.493 e. The van der Waals surface area contributed by atoms with Crippen LogP contribution in [0, 0.1) is 5.92 Å². The number of methoxy groups -OCH3 is 2. The molecule has 0 spiro atoms. The highest BCUT2D eigenvalue weighted by molar-refractivity contribution is 6.13. The first-order valence-corrected chi connectivity index (χ1v) is 35.7. The molecule has 10 rings (SSSR count). The van der Waals surface area contributed by atoms with Crippen LogP contribution in [0.2, 0.25) is 0 Å². The third-order valence-electron chi connectivity index (χ3n) is 17.6. The molecule has 8 amide bonds. The lowest BCUT2D eigenvalue weighted by Gasteiger charge is -2.24. The van der Waals surface area contributed by atoms with Crippen LogP contribution in [0.1, 0.15) is 84.7 Å². The van der Waals surface area contributed by atoms with E-state index in [0.717, 1.165) is 27.2 Å². The van der Waals surface area contributed by atoms with Crippen molar-refractivity contribution in [3.05, 3.63) is 114 Å². The number of nitrogens with zero attached hydrogens (tertiary/aromatic N) is 5. The third kappa shape index (κ3) is 22.7. The second-order valence-corrected chi connectivity index (χ2v) is 25.5. The van der Waals surface area contributed by atoms with E-state index in [2.05, 4.69) is 21.3 Å². The topological polar surface area (TPSA) is 348 Å². The van der Waals surface area contributed by atoms with E-state index in [0.29, 0.717) is 181 Å². The highest BCUT2D eigenvalue weighted by atomic mass is 16.7. The summed E-state index contributed by atoms with van der Waals surface area (Å²) >= 11 is 0. The van der Waals surface area contributed by atoms with Gasteiger partial charge in [-0.25, -0.2) is 0 Å². The van der Waals surface area contributed by atoms with E-state index in [1.807, 2.05) is 42.7 Å². The summed E-state index contributed by atoms with van der Waals surface area (Å²) in [5.74, 6) is -0.287. The van der Waals surface area contributed by atoms with E-state index < -0.39 is 35.7 Å². The highest BCUT2D eigenvalue weighted by Crippen LogP contribution is 2.43. The molecule has 0 radical (unpaired) electrons. The number of ether oxygens (including phenoxy) is 14. The van der Waals surface area contributed by atoms with Gasteiger partial charge in [0.05, 0.1) is 168 Å². The van der Waals surface area contributed by atoms with Gasteiger partial charge < -0.3 is 97.4 Å². The molecular formula is C76H93N9O22. The van der Waals surface area contributed by atoms with Crippen molar-refractivity contribution in [1.82, 2.24) is 30.7 Å². The molecule has 0 aromatic heterocycles. The molecule has 6 aliphatic rings. The Labute approximate surface area is 620 Å². The van der Waals surface area contributed by atoms with Crippen LogP contribution in [0.15, 0.2) is 101 Å². The summed E-state index contributed by atoms with van der Waals surface area (Å²) in [5.41, 5.74) is 5.76. The summed E-state index contributed by atoms with van der Waals surface area (Å²) < 4.78 is 78.9. The molecule has 0 aliphatic carbocycles. The number of carbonyl (C=O) groups is 8. The number of nitrogens with one attached hydrogen (secondary N) is 4. The van der Waals surface area contributed by atoms with Gasteiger partial charge in [0.25, 0.3) is 23.6 Å². The monoisotopic (exact) mass is 1480 g/mol. The average Bonchev–Trinajstić information content (AvgIpc) is 1.66. The van der Waals surface area contributed by atoms with E-state index in [-0.39, 0.29) is 94.2 Å². The molecule has 6 aliphatic heterocycles. The van der Waals surface area contributed by atoms with Crippen molar-refractivity contribution in [1.29, 1.82) is 0 Å². The Morgan fingerprint density at radius 1 is 0.514 bits per heavy atom. The SMILES string of the molecule is COc1cc2c(cc1OCCCOc1cc3c(cc1OC)C(=O)N1C=C(c4ccc5c(c4)OCO5)CC1C=N3)N=CC1CC(c3ccc(NC(=O)C(C)NC(=O)C(NC(=O)CCOCCOCCOCCOCCOCCOCCOCCOCCNC(=O)CCN4C(=O)C=CC4=O)C(C)C)cc3)=CN1C2=O. The molecule has 574 valence electrons. The molecule has 31 heteroatoms. The Morgan fingerprint density at radius 2 is 0.991 bits per heavy atom. The van der Waals surface area contributed by atoms with Gasteiger partial charge in [0.15, 0.2) is 34.5 Å². The molecule has 4 N–H and O–H groups in total. The zero-order chi connectivity index (χ0) is 75.4. The molecule has 107 heavy (non-hydrogen) atoms. The second-order valence-electron chi connectivity index (χ2n) is 25.5. The molecule has 4 aromatic carbocycles. The summed E-state index contributed by atoms with van der Waals surface area (Å²) in [4.78, 5) is 117. The zero-order valence-electron chi connectivity index (χ0n) is 60.8. The molecule has 0 saturated heterocycles. The van der Waals surface area contributed by atoms with Crippen molar-refractivity contribution in [3.63, 3.8) is 0 Å². The average molecular weight is 1480 g/mol. The van der Waals surface area contributed by atoms with Gasteiger partial charge in [0.1, 0.15) is 12.1 Å². The first-order valence-electron chi connectivity index (χ1n) is 35.7. The number of hydrogen-bond acceptors (Lipinski definition) is 24. The molecule has 4 aromatic rings. The minimum atomic E-state index is -0.945. The molecule has 0 fully saturated rings. The number of amides is 8. The molecule has 0 bridgehead atoms. The Balaban J connectivity index is 0.539. The summed E-state index contributed by atoms with van der Waals surface area (Å²) in [6, 6.07) is 17.1. The fourth-order valence-corrected chi connectivity index (χ4v) is 11.9. The highest BCUT2D eigenvalue weighted by Gasteiger charge is 2.36. The standard InChI is InChI=1S/C76H93N9O22/c1-49(2)72(82-69(87)16-21-96-23-25-98-27-29-100-31-33-102-35-36-103-34-32-101-30-28-99-26-24-97-22-17-77-68(86)15-18-83-70(88)13-14-71(83)89)74(91)80-50(3)73(90)81-55-10-7-51(8-11-55)53-37-56-44-78-60-42-66(63(94-4)40-58(60)75(92)84(56)46-53)104-19-6-20-105-67-43-61-59(41-64(67)95-5)76(93)85-47-54(38-57(85)45-79-61)52-9-12-62-65(39-52)107-48-106-62/h7-14,39-47,49-50,56-57,72H,6,15-38,48H2,1-5H3,(H,77,86)(H,80,91)(H,81,90)(H,82,87). The molecule has 4 atom stereocenters.